The van der Waals surface area contributed by atoms with Crippen molar-refractivity contribution in [3.8, 4) is 0 Å². The first-order valence-electron chi connectivity index (χ1n) is 5.08. The van der Waals surface area contributed by atoms with Gasteiger partial charge in [0.15, 0.2) is 6.10 Å². The molecule has 0 radical (unpaired) electrons. The minimum absolute atomic E-state index is 0.183. The van der Waals surface area contributed by atoms with E-state index >= 15 is 0 Å². The molecule has 0 saturated heterocycles. The van der Waals surface area contributed by atoms with Crippen LogP contribution >= 0.6 is 0 Å². The maximum Gasteiger partial charge on any atom is 0.407 e. The predicted molar refractivity (Wildman–Crippen MR) is 56.9 cm³/mol. The van der Waals surface area contributed by atoms with Crippen LogP contribution in [0.25, 0.3) is 0 Å². The van der Waals surface area contributed by atoms with Crippen molar-refractivity contribution in [3.63, 3.8) is 0 Å². The van der Waals surface area contributed by atoms with E-state index in [1.165, 1.54) is 0 Å². The lowest BCUT2D eigenvalue weighted by Gasteiger charge is -2.20. The van der Waals surface area contributed by atoms with Crippen LogP contribution < -0.4 is 5.32 Å². The van der Waals surface area contributed by atoms with Gasteiger partial charge in [0, 0.05) is 0 Å². The van der Waals surface area contributed by atoms with E-state index in [9.17, 15) is 14.7 Å². The first-order chi connectivity index (χ1) is 7.26. The van der Waals surface area contributed by atoms with E-state index < -0.39 is 23.8 Å². The molecular weight excluding hydrogens is 214 g/mol. The minimum atomic E-state index is -1.37. The van der Waals surface area contributed by atoms with Crippen molar-refractivity contribution in [1.29, 1.82) is 0 Å². The summed E-state index contributed by atoms with van der Waals surface area (Å²) in [5, 5.41) is 11.5. The van der Waals surface area contributed by atoms with Crippen molar-refractivity contribution in [1.82, 2.24) is 5.32 Å². The number of aliphatic hydroxyl groups is 1. The molecule has 0 aliphatic heterocycles. The number of amides is 1. The molecule has 0 bridgehead atoms. The Kier molecular flexibility index (Phi) is 5.81. The number of aliphatic hydroxyl groups excluding tert-OH is 1. The summed E-state index contributed by atoms with van der Waals surface area (Å²) in [6.45, 7) is 6.74. The molecule has 0 heterocycles. The van der Waals surface area contributed by atoms with Crippen LogP contribution in [0.3, 0.4) is 0 Å². The summed E-state index contributed by atoms with van der Waals surface area (Å²) in [6.07, 6.45) is -2.05. The molecule has 0 aliphatic carbocycles. The Hall–Kier alpha value is -1.30. The fraction of sp³-hybridized carbons (Fsp3) is 0.800. The Morgan fingerprint density at radius 3 is 2.38 bits per heavy atom. The zero-order chi connectivity index (χ0) is 12.8. The first-order valence-corrected chi connectivity index (χ1v) is 5.08. The molecule has 6 nitrogen and oxygen atoms in total. The molecule has 1 amide bonds. The first kappa shape index (κ1) is 14.7. The zero-order valence-corrected chi connectivity index (χ0v) is 10.1. The number of nitrogens with one attached hydrogen (secondary N) is 1. The van der Waals surface area contributed by atoms with E-state index in [1.54, 1.807) is 27.7 Å². The summed E-state index contributed by atoms with van der Waals surface area (Å²) in [5.41, 5.74) is -0.612. The molecule has 0 rings (SSSR count). The molecule has 1 unspecified atom stereocenters. The number of rotatable bonds is 4. The van der Waals surface area contributed by atoms with Crippen molar-refractivity contribution < 1.29 is 24.2 Å². The van der Waals surface area contributed by atoms with Crippen LogP contribution in [0.1, 0.15) is 27.7 Å². The summed E-state index contributed by atoms with van der Waals surface area (Å²) < 4.78 is 9.47. The van der Waals surface area contributed by atoms with E-state index in [2.05, 4.69) is 10.1 Å². The highest BCUT2D eigenvalue weighted by Crippen LogP contribution is 2.06. The Morgan fingerprint density at radius 2 is 1.94 bits per heavy atom. The number of alkyl carbamates (subject to hydrolysis) is 1. The van der Waals surface area contributed by atoms with Crippen LogP contribution in [0.15, 0.2) is 0 Å². The van der Waals surface area contributed by atoms with Gasteiger partial charge in [-0.3, -0.25) is 0 Å². The van der Waals surface area contributed by atoms with Crippen molar-refractivity contribution in [2.75, 3.05) is 13.2 Å². The molecule has 94 valence electrons. The maximum atomic E-state index is 11.1. The smallest absolute Gasteiger partial charge is 0.407 e. The van der Waals surface area contributed by atoms with Gasteiger partial charge in [-0.25, -0.2) is 9.59 Å². The Labute approximate surface area is 94.9 Å². The molecule has 0 aromatic carbocycles. The fourth-order valence-electron chi connectivity index (χ4n) is 0.816. The van der Waals surface area contributed by atoms with Crippen molar-refractivity contribution in [2.24, 2.45) is 0 Å². The normalized spacial score (nSPS) is 12.8. The van der Waals surface area contributed by atoms with E-state index in [0.29, 0.717) is 0 Å². The van der Waals surface area contributed by atoms with Gasteiger partial charge in [0.2, 0.25) is 0 Å². The lowest BCUT2D eigenvalue weighted by Crippen LogP contribution is -2.40. The Morgan fingerprint density at radius 1 is 1.38 bits per heavy atom. The van der Waals surface area contributed by atoms with Crippen LogP contribution in [0.2, 0.25) is 0 Å². The highest BCUT2D eigenvalue weighted by molar-refractivity contribution is 5.76. The standard InChI is InChI=1S/C10H19NO5/c1-5-15-8(13)7(12)6-11-9(14)16-10(2,3)4/h7,12H,5-6H2,1-4H3,(H,11,14). The SMILES string of the molecule is CCOC(=O)C(O)CNC(=O)OC(C)(C)C. The fourth-order valence-corrected chi connectivity index (χ4v) is 0.816. The van der Waals surface area contributed by atoms with Gasteiger partial charge in [0.25, 0.3) is 0 Å². The molecule has 6 heteroatoms. The average Bonchev–Trinajstić information content (AvgIpc) is 2.11. The Bertz CT molecular complexity index is 246. The summed E-state index contributed by atoms with van der Waals surface area (Å²) in [6, 6.07) is 0. The Balaban J connectivity index is 3.88. The number of carbonyl (C=O) groups excluding carboxylic acids is 2. The lowest BCUT2D eigenvalue weighted by molar-refractivity contribution is -0.152. The van der Waals surface area contributed by atoms with Crippen LogP contribution in [0.4, 0.5) is 4.79 Å². The molecule has 0 fully saturated rings. The highest BCUT2D eigenvalue weighted by atomic mass is 16.6. The summed E-state index contributed by atoms with van der Waals surface area (Å²) in [7, 11) is 0. The van der Waals surface area contributed by atoms with Crippen molar-refractivity contribution in [3.05, 3.63) is 0 Å². The molecule has 0 saturated carbocycles. The van der Waals surface area contributed by atoms with Crippen LogP contribution in [0.5, 0.6) is 0 Å². The lowest BCUT2D eigenvalue weighted by atomic mass is 10.2. The van der Waals surface area contributed by atoms with Crippen molar-refractivity contribution >= 4 is 12.1 Å². The zero-order valence-electron chi connectivity index (χ0n) is 10.1. The van der Waals surface area contributed by atoms with Crippen LogP contribution in [0, 0.1) is 0 Å². The third kappa shape index (κ3) is 7.05. The average molecular weight is 233 g/mol. The summed E-state index contributed by atoms with van der Waals surface area (Å²) in [5.74, 6) is -0.765. The minimum Gasteiger partial charge on any atom is -0.464 e. The van der Waals surface area contributed by atoms with Gasteiger partial charge >= 0.3 is 12.1 Å². The second kappa shape index (κ2) is 6.32. The van der Waals surface area contributed by atoms with Crippen LogP contribution in [-0.2, 0) is 14.3 Å². The molecule has 1 atom stereocenters. The van der Waals surface area contributed by atoms with Gasteiger partial charge in [0.05, 0.1) is 13.2 Å². The van der Waals surface area contributed by atoms with Gasteiger partial charge in [0.1, 0.15) is 5.60 Å². The highest BCUT2D eigenvalue weighted by Gasteiger charge is 2.20. The third-order valence-corrected chi connectivity index (χ3v) is 1.40. The number of carbonyl (C=O) groups is 2. The second-order valence-electron chi connectivity index (χ2n) is 4.15. The van der Waals surface area contributed by atoms with E-state index in [-0.39, 0.29) is 13.2 Å². The van der Waals surface area contributed by atoms with E-state index in [1.807, 2.05) is 0 Å². The van der Waals surface area contributed by atoms with Gasteiger partial charge in [-0.2, -0.15) is 0 Å². The predicted octanol–water partition coefficient (Wildman–Crippen LogP) is 0.435. The van der Waals surface area contributed by atoms with Crippen LogP contribution in [-0.4, -0.2) is 42.0 Å². The largest absolute Gasteiger partial charge is 0.464 e. The van der Waals surface area contributed by atoms with E-state index in [4.69, 9.17) is 4.74 Å². The molecule has 0 aromatic heterocycles. The van der Waals surface area contributed by atoms with Gasteiger partial charge in [-0.1, -0.05) is 0 Å². The number of hydrogen-bond acceptors (Lipinski definition) is 5. The summed E-state index contributed by atoms with van der Waals surface area (Å²) in [4.78, 5) is 22.1. The maximum absolute atomic E-state index is 11.1. The molecular formula is C10H19NO5. The second-order valence-corrected chi connectivity index (χ2v) is 4.15. The van der Waals surface area contributed by atoms with Gasteiger partial charge in [-0.05, 0) is 27.7 Å². The van der Waals surface area contributed by atoms with Gasteiger partial charge < -0.3 is 19.9 Å². The molecule has 0 aromatic rings. The number of esters is 1. The molecule has 0 spiro atoms. The van der Waals surface area contributed by atoms with E-state index in [0.717, 1.165) is 0 Å². The molecule has 16 heavy (non-hydrogen) atoms. The van der Waals surface area contributed by atoms with Gasteiger partial charge in [-0.15, -0.1) is 0 Å². The summed E-state index contributed by atoms with van der Waals surface area (Å²) >= 11 is 0. The number of hydrogen-bond donors (Lipinski definition) is 2. The quantitative estimate of drug-likeness (QED) is 0.688. The monoisotopic (exact) mass is 233 g/mol. The topological polar surface area (TPSA) is 84.9 Å². The molecule has 0 aliphatic rings. The van der Waals surface area contributed by atoms with Crippen molar-refractivity contribution in [2.45, 2.75) is 39.4 Å². The molecule has 2 N–H and O–H groups in total. The third-order valence-electron chi connectivity index (χ3n) is 1.40. The number of ether oxygens (including phenoxy) is 2.